The van der Waals surface area contributed by atoms with Gasteiger partial charge in [0.1, 0.15) is 0 Å². The summed E-state index contributed by atoms with van der Waals surface area (Å²) in [6.45, 7) is 1.74. The number of benzene rings is 1. The summed E-state index contributed by atoms with van der Waals surface area (Å²) in [5.74, 6) is 0. The van der Waals surface area contributed by atoms with E-state index in [1.54, 1.807) is 81.5 Å². The Morgan fingerprint density at radius 3 is 1.59 bits per heavy atom. The first-order valence-electron chi connectivity index (χ1n) is 14.5. The summed E-state index contributed by atoms with van der Waals surface area (Å²) in [5.41, 5.74) is 1.31. The number of hydrogen-bond acceptors (Lipinski definition) is 1. The van der Waals surface area contributed by atoms with Crippen LogP contribution in [-0.4, -0.2) is 25.0 Å². The van der Waals surface area contributed by atoms with Crippen molar-refractivity contribution in [1.82, 2.24) is 0 Å². The fourth-order valence-electron chi connectivity index (χ4n) is 8.11. The number of hydrogen-bond donors (Lipinski definition) is 0. The first kappa shape index (κ1) is 25.1. The monoisotopic (exact) mass is 546 g/mol. The third-order valence-corrected chi connectivity index (χ3v) is 31.0. The zero-order valence-corrected chi connectivity index (χ0v) is 23.7. The fraction of sp³-hybridized carbons (Fsp3) is 0.800. The predicted molar refractivity (Wildman–Crippen MR) is 141 cm³/mol. The summed E-state index contributed by atoms with van der Waals surface area (Å²) in [4.78, 5) is 0. The summed E-state index contributed by atoms with van der Waals surface area (Å²) >= 11 is -2.25. The molecule has 180 valence electrons. The summed E-state index contributed by atoms with van der Waals surface area (Å²) in [6.07, 6.45) is 28.1. The minimum absolute atomic E-state index is 0.788. The molecule has 0 amide bonds. The first-order chi connectivity index (χ1) is 15.9. The molecule has 1 aromatic carbocycles. The van der Waals surface area contributed by atoms with Crippen molar-refractivity contribution in [1.29, 1.82) is 0 Å². The van der Waals surface area contributed by atoms with Crippen LogP contribution in [0.5, 0.6) is 0 Å². The third kappa shape index (κ3) is 6.77. The van der Waals surface area contributed by atoms with Gasteiger partial charge >= 0.3 is 204 Å². The molecule has 0 radical (unpaired) electrons. The molecule has 0 unspecified atom stereocenters. The quantitative estimate of drug-likeness (QED) is 0.199. The van der Waals surface area contributed by atoms with Gasteiger partial charge in [0.25, 0.3) is 0 Å². The van der Waals surface area contributed by atoms with Crippen LogP contribution in [-0.2, 0) is 11.3 Å². The molecule has 1 nitrogen and oxygen atoms in total. The molecule has 4 rings (SSSR count). The van der Waals surface area contributed by atoms with Crippen LogP contribution >= 0.6 is 0 Å². The SMILES string of the molecule is c1ccc(COCCCC[CH2][Sn]([CH]2CCCCC2)([CH]2CCCCC2)[CH]2CCCCC2)cc1. The van der Waals surface area contributed by atoms with Crippen LogP contribution < -0.4 is 0 Å². The predicted octanol–water partition coefficient (Wildman–Crippen LogP) is 9.83. The molecule has 32 heavy (non-hydrogen) atoms. The van der Waals surface area contributed by atoms with Crippen LogP contribution in [0.15, 0.2) is 30.3 Å². The number of unbranched alkanes of at least 4 members (excludes halogenated alkanes) is 2. The minimum atomic E-state index is -2.25. The maximum atomic E-state index is 6.02. The molecule has 0 atom stereocenters. The molecular weight excluding hydrogens is 495 g/mol. The molecule has 3 saturated carbocycles. The summed E-state index contributed by atoms with van der Waals surface area (Å²) in [5, 5.41) is 0. The zero-order chi connectivity index (χ0) is 21.9. The van der Waals surface area contributed by atoms with Crippen molar-refractivity contribution >= 4 is 18.4 Å². The van der Waals surface area contributed by atoms with Gasteiger partial charge in [-0.05, 0) is 0 Å². The molecule has 3 aliphatic carbocycles. The van der Waals surface area contributed by atoms with E-state index in [0.717, 1.165) is 13.2 Å². The molecule has 0 bridgehead atoms. The molecule has 1 aromatic rings. The average molecular weight is 545 g/mol. The van der Waals surface area contributed by atoms with Gasteiger partial charge in [-0.1, -0.05) is 0 Å². The molecule has 0 spiro atoms. The maximum absolute atomic E-state index is 6.02. The van der Waals surface area contributed by atoms with E-state index in [0.29, 0.717) is 0 Å². The Labute approximate surface area is 203 Å². The van der Waals surface area contributed by atoms with Crippen molar-refractivity contribution in [3.63, 3.8) is 0 Å². The van der Waals surface area contributed by atoms with E-state index in [2.05, 4.69) is 30.3 Å². The number of rotatable bonds is 11. The van der Waals surface area contributed by atoms with Crippen molar-refractivity contribution < 1.29 is 4.74 Å². The molecular formula is C30H50OSn. The van der Waals surface area contributed by atoms with Gasteiger partial charge in [-0.15, -0.1) is 0 Å². The van der Waals surface area contributed by atoms with Crippen molar-refractivity contribution in [2.24, 2.45) is 0 Å². The molecule has 3 aliphatic rings. The second-order valence-corrected chi connectivity index (χ2v) is 26.2. The standard InChI is InChI=1S/C12H17O.3C6H11.Sn/c1-2-3-7-10-13-11-12-8-5-4-6-9-12;3*1-2-4-6-5-3-1;/h4-6,8-9H,1-3,7,10-11H2;3*1H,2-6H2;. The average Bonchev–Trinajstić information content (AvgIpc) is 2.88. The van der Waals surface area contributed by atoms with Crippen molar-refractivity contribution in [2.75, 3.05) is 6.61 Å². The van der Waals surface area contributed by atoms with E-state index < -0.39 is 18.4 Å². The molecule has 0 heterocycles. The molecule has 0 aromatic heterocycles. The van der Waals surface area contributed by atoms with Gasteiger partial charge in [0.15, 0.2) is 0 Å². The Bertz CT molecular complexity index is 565. The molecule has 2 heteroatoms. The summed E-state index contributed by atoms with van der Waals surface area (Å²) in [6, 6.07) is 10.7. The van der Waals surface area contributed by atoms with Gasteiger partial charge in [-0.25, -0.2) is 0 Å². The van der Waals surface area contributed by atoms with Crippen LogP contribution in [0.1, 0.15) is 121 Å². The van der Waals surface area contributed by atoms with E-state index >= 15 is 0 Å². The van der Waals surface area contributed by atoms with Gasteiger partial charge in [-0.3, -0.25) is 0 Å². The van der Waals surface area contributed by atoms with Gasteiger partial charge in [0, 0.05) is 0 Å². The Balaban J connectivity index is 1.35. The second-order valence-electron chi connectivity index (χ2n) is 11.5. The summed E-state index contributed by atoms with van der Waals surface area (Å²) < 4.78 is 11.5. The van der Waals surface area contributed by atoms with Crippen molar-refractivity contribution in [3.8, 4) is 0 Å². The van der Waals surface area contributed by atoms with E-state index in [-0.39, 0.29) is 0 Å². The van der Waals surface area contributed by atoms with E-state index in [4.69, 9.17) is 4.74 Å². The second kappa shape index (κ2) is 13.8. The van der Waals surface area contributed by atoms with Crippen LogP contribution in [0.4, 0.5) is 0 Å². The van der Waals surface area contributed by atoms with Gasteiger partial charge in [0.05, 0.1) is 0 Å². The van der Waals surface area contributed by atoms with Crippen LogP contribution in [0, 0.1) is 0 Å². The summed E-state index contributed by atoms with van der Waals surface area (Å²) in [7, 11) is 0. The van der Waals surface area contributed by atoms with Crippen LogP contribution in [0.2, 0.25) is 16.2 Å². The molecule has 0 aliphatic heterocycles. The van der Waals surface area contributed by atoms with E-state index in [9.17, 15) is 0 Å². The van der Waals surface area contributed by atoms with Crippen LogP contribution in [0.3, 0.4) is 0 Å². The zero-order valence-electron chi connectivity index (χ0n) is 20.9. The fourth-order valence-corrected chi connectivity index (χ4v) is 32.5. The van der Waals surface area contributed by atoms with Crippen molar-refractivity contribution in [3.05, 3.63) is 35.9 Å². The Morgan fingerprint density at radius 2 is 1.09 bits per heavy atom. The third-order valence-electron chi connectivity index (χ3n) is 9.61. The van der Waals surface area contributed by atoms with Crippen LogP contribution in [0.25, 0.3) is 0 Å². The van der Waals surface area contributed by atoms with E-state index in [1.165, 1.54) is 55.9 Å². The Kier molecular flexibility index (Phi) is 10.8. The Morgan fingerprint density at radius 1 is 0.594 bits per heavy atom. The normalized spacial score (nSPS) is 22.2. The van der Waals surface area contributed by atoms with Gasteiger partial charge in [-0.2, -0.15) is 0 Å². The topological polar surface area (TPSA) is 9.23 Å². The van der Waals surface area contributed by atoms with E-state index in [1.807, 2.05) is 0 Å². The first-order valence-corrected chi connectivity index (χ1v) is 21.5. The van der Waals surface area contributed by atoms with Crippen molar-refractivity contribution in [2.45, 2.75) is 138 Å². The molecule has 3 fully saturated rings. The van der Waals surface area contributed by atoms with Gasteiger partial charge in [0.2, 0.25) is 0 Å². The van der Waals surface area contributed by atoms with Gasteiger partial charge < -0.3 is 0 Å². The molecule has 0 saturated heterocycles. The molecule has 0 N–H and O–H groups in total. The number of ether oxygens (including phenoxy) is 1. The Hall–Kier alpha value is -0.0213.